The number of benzene rings is 1. The van der Waals surface area contributed by atoms with Crippen molar-refractivity contribution in [1.82, 2.24) is 4.72 Å². The first kappa shape index (κ1) is 15.9. The van der Waals surface area contributed by atoms with Gasteiger partial charge in [0, 0.05) is 34.2 Å². The van der Waals surface area contributed by atoms with Gasteiger partial charge >= 0.3 is 0 Å². The van der Waals surface area contributed by atoms with Crippen LogP contribution in [-0.4, -0.2) is 36.1 Å². The van der Waals surface area contributed by atoms with Crippen LogP contribution in [0.3, 0.4) is 0 Å². The molecule has 0 amide bonds. The van der Waals surface area contributed by atoms with E-state index >= 15 is 0 Å². The van der Waals surface area contributed by atoms with Crippen molar-refractivity contribution in [2.75, 3.05) is 17.4 Å². The van der Waals surface area contributed by atoms with Crippen molar-refractivity contribution in [3.8, 4) is 0 Å². The van der Waals surface area contributed by atoms with E-state index in [1.54, 1.807) is 24.3 Å². The van der Waals surface area contributed by atoms with Crippen molar-refractivity contribution in [2.24, 2.45) is 0 Å². The van der Waals surface area contributed by atoms with E-state index in [2.05, 4.69) is 4.72 Å². The van der Waals surface area contributed by atoms with Crippen molar-refractivity contribution in [1.29, 1.82) is 0 Å². The van der Waals surface area contributed by atoms with E-state index in [4.69, 9.17) is 11.6 Å². The lowest BCUT2D eigenvalue weighted by molar-refractivity contribution is 0.522. The van der Waals surface area contributed by atoms with E-state index in [0.29, 0.717) is 30.2 Å². The topological polar surface area (TPSA) is 63.2 Å². The zero-order chi connectivity index (χ0) is 14.6. The van der Waals surface area contributed by atoms with Gasteiger partial charge in [-0.05, 0) is 37.0 Å². The van der Waals surface area contributed by atoms with Crippen LogP contribution in [0.25, 0.3) is 0 Å². The van der Waals surface area contributed by atoms with Crippen LogP contribution in [0.4, 0.5) is 0 Å². The third-order valence-corrected chi connectivity index (χ3v) is 6.43. The molecular weight excluding hydrogens is 318 g/mol. The predicted molar refractivity (Wildman–Crippen MR) is 82.1 cm³/mol. The van der Waals surface area contributed by atoms with Gasteiger partial charge in [0.25, 0.3) is 0 Å². The summed E-state index contributed by atoms with van der Waals surface area (Å²) in [6.45, 7) is 0. The number of hydrogen-bond donors (Lipinski definition) is 1. The molecule has 7 heteroatoms. The lowest BCUT2D eigenvalue weighted by atomic mass is 10.2. The Labute approximate surface area is 127 Å². The first-order valence-electron chi connectivity index (χ1n) is 6.53. The van der Waals surface area contributed by atoms with Gasteiger partial charge in [-0.15, -0.1) is 11.6 Å². The lowest BCUT2D eigenvalue weighted by Gasteiger charge is -2.22. The minimum atomic E-state index is -3.49. The van der Waals surface area contributed by atoms with E-state index in [0.717, 1.165) is 12.0 Å². The van der Waals surface area contributed by atoms with Crippen molar-refractivity contribution in [3.05, 3.63) is 29.8 Å². The van der Waals surface area contributed by atoms with Crippen LogP contribution in [0.1, 0.15) is 18.4 Å². The van der Waals surface area contributed by atoms with Crippen LogP contribution in [-0.2, 0) is 27.2 Å². The zero-order valence-electron chi connectivity index (χ0n) is 11.0. The molecule has 1 aromatic rings. The van der Waals surface area contributed by atoms with Crippen LogP contribution in [0, 0.1) is 0 Å². The summed E-state index contributed by atoms with van der Waals surface area (Å²) in [4.78, 5) is 0.266. The molecule has 0 saturated carbocycles. The SMILES string of the molecule is O=S1CCC(NS(=O)(=O)c2ccc(CCCl)cc2)CC1. The molecule has 1 saturated heterocycles. The number of alkyl halides is 1. The Balaban J connectivity index is 2.04. The van der Waals surface area contributed by atoms with Crippen LogP contribution < -0.4 is 4.72 Å². The first-order chi connectivity index (χ1) is 9.51. The average molecular weight is 336 g/mol. The van der Waals surface area contributed by atoms with Gasteiger partial charge in [0.05, 0.1) is 4.90 Å². The molecule has 0 aliphatic carbocycles. The van der Waals surface area contributed by atoms with Crippen molar-refractivity contribution in [3.63, 3.8) is 0 Å². The average Bonchev–Trinajstić information content (AvgIpc) is 2.42. The molecule has 0 spiro atoms. The molecule has 0 atom stereocenters. The van der Waals surface area contributed by atoms with Crippen molar-refractivity contribution < 1.29 is 12.6 Å². The van der Waals surface area contributed by atoms with Crippen molar-refractivity contribution >= 4 is 32.4 Å². The molecule has 1 N–H and O–H groups in total. The lowest BCUT2D eigenvalue weighted by Crippen LogP contribution is -2.39. The molecule has 0 unspecified atom stereocenters. The maximum atomic E-state index is 12.2. The second kappa shape index (κ2) is 7.02. The Bertz CT molecular complexity index is 562. The van der Waals surface area contributed by atoms with Crippen molar-refractivity contribution in [2.45, 2.75) is 30.2 Å². The van der Waals surface area contributed by atoms with Crippen LogP contribution in [0.15, 0.2) is 29.2 Å². The van der Waals surface area contributed by atoms with E-state index in [1.807, 2.05) is 0 Å². The standard InChI is InChI=1S/C13H18ClNO3S2/c14-8-5-11-1-3-13(4-2-11)20(17,18)15-12-6-9-19(16)10-7-12/h1-4,12,15H,5-10H2. The Hall–Kier alpha value is -0.430. The monoisotopic (exact) mass is 335 g/mol. The summed E-state index contributed by atoms with van der Waals surface area (Å²) < 4.78 is 38.4. The summed E-state index contributed by atoms with van der Waals surface area (Å²) in [5.41, 5.74) is 1.02. The highest BCUT2D eigenvalue weighted by atomic mass is 35.5. The number of halogens is 1. The highest BCUT2D eigenvalue weighted by molar-refractivity contribution is 7.89. The fourth-order valence-corrected chi connectivity index (χ4v) is 4.97. The van der Waals surface area contributed by atoms with Gasteiger partial charge in [-0.3, -0.25) is 4.21 Å². The molecule has 0 bridgehead atoms. The molecule has 1 aromatic carbocycles. The Morgan fingerprint density at radius 3 is 2.35 bits per heavy atom. The van der Waals surface area contributed by atoms with E-state index < -0.39 is 20.8 Å². The second-order valence-corrected chi connectivity index (χ2v) is 8.61. The van der Waals surface area contributed by atoms with Gasteiger partial charge in [0.15, 0.2) is 0 Å². The third-order valence-electron chi connectivity index (χ3n) is 3.33. The highest BCUT2D eigenvalue weighted by Crippen LogP contribution is 2.15. The number of hydrogen-bond acceptors (Lipinski definition) is 3. The number of nitrogens with one attached hydrogen (secondary N) is 1. The summed E-state index contributed by atoms with van der Waals surface area (Å²) in [6, 6.07) is 6.66. The molecule has 1 fully saturated rings. The Kier molecular flexibility index (Phi) is 5.60. The molecule has 20 heavy (non-hydrogen) atoms. The molecule has 1 heterocycles. The van der Waals surface area contributed by atoms with Gasteiger partial charge < -0.3 is 0 Å². The second-order valence-electron chi connectivity index (χ2n) is 4.83. The van der Waals surface area contributed by atoms with E-state index in [9.17, 15) is 12.6 Å². The Morgan fingerprint density at radius 2 is 1.80 bits per heavy atom. The fourth-order valence-electron chi connectivity index (χ4n) is 2.14. The summed E-state index contributed by atoms with van der Waals surface area (Å²) in [5, 5.41) is 0. The maximum Gasteiger partial charge on any atom is 0.240 e. The summed E-state index contributed by atoms with van der Waals surface area (Å²) in [5.74, 6) is 1.66. The normalized spacial score (nSPS) is 23.6. The first-order valence-corrected chi connectivity index (χ1v) is 10.0. The predicted octanol–water partition coefficient (Wildman–Crippen LogP) is 1.66. The number of aryl methyl sites for hydroxylation is 1. The van der Waals surface area contributed by atoms with Crippen LogP contribution in [0.5, 0.6) is 0 Å². The number of sulfonamides is 1. The van der Waals surface area contributed by atoms with Gasteiger partial charge in [-0.25, -0.2) is 13.1 Å². The molecule has 112 valence electrons. The zero-order valence-corrected chi connectivity index (χ0v) is 13.4. The quantitative estimate of drug-likeness (QED) is 0.832. The summed E-state index contributed by atoms with van der Waals surface area (Å²) in [7, 11) is -4.28. The van der Waals surface area contributed by atoms with E-state index in [1.165, 1.54) is 0 Å². The minimum absolute atomic E-state index is 0.111. The number of rotatable bonds is 5. The molecule has 0 radical (unpaired) electrons. The third kappa shape index (κ3) is 4.28. The minimum Gasteiger partial charge on any atom is -0.260 e. The molecular formula is C13H18ClNO3S2. The summed E-state index contributed by atoms with van der Waals surface area (Å²) >= 11 is 5.65. The van der Waals surface area contributed by atoms with E-state index in [-0.39, 0.29) is 10.9 Å². The molecule has 1 aliphatic rings. The molecule has 0 aromatic heterocycles. The highest BCUT2D eigenvalue weighted by Gasteiger charge is 2.23. The summed E-state index contributed by atoms with van der Waals surface area (Å²) in [6.07, 6.45) is 2.00. The van der Waals surface area contributed by atoms with Gasteiger partial charge in [-0.1, -0.05) is 12.1 Å². The molecule has 4 nitrogen and oxygen atoms in total. The van der Waals surface area contributed by atoms with Gasteiger partial charge in [-0.2, -0.15) is 0 Å². The van der Waals surface area contributed by atoms with Crippen LogP contribution >= 0.6 is 11.6 Å². The molecule has 2 rings (SSSR count). The Morgan fingerprint density at radius 1 is 1.20 bits per heavy atom. The molecule has 1 aliphatic heterocycles. The maximum absolute atomic E-state index is 12.2. The van der Waals surface area contributed by atoms with Crippen LogP contribution in [0.2, 0.25) is 0 Å². The van der Waals surface area contributed by atoms with Gasteiger partial charge in [0.1, 0.15) is 0 Å². The smallest absolute Gasteiger partial charge is 0.240 e. The van der Waals surface area contributed by atoms with Gasteiger partial charge in [0.2, 0.25) is 10.0 Å². The largest absolute Gasteiger partial charge is 0.260 e. The fraction of sp³-hybridized carbons (Fsp3) is 0.538.